The molecule has 0 amide bonds. The van der Waals surface area contributed by atoms with E-state index in [4.69, 9.17) is 0 Å². The van der Waals surface area contributed by atoms with Crippen LogP contribution < -0.4 is 0 Å². The van der Waals surface area contributed by atoms with Crippen molar-refractivity contribution in [2.75, 3.05) is 11.5 Å². The van der Waals surface area contributed by atoms with Crippen molar-refractivity contribution < 1.29 is 13.6 Å². The molecule has 1 fully saturated rings. The monoisotopic (exact) mass is 270 g/mol. The molecule has 1 heterocycles. The van der Waals surface area contributed by atoms with Gasteiger partial charge in [0.05, 0.1) is 5.56 Å². The Morgan fingerprint density at radius 3 is 2.67 bits per heavy atom. The zero-order chi connectivity index (χ0) is 13.1. The number of Topliss-reactive ketones (excluding diaryl/α,β-unsaturated/α-hetero) is 1. The van der Waals surface area contributed by atoms with Gasteiger partial charge in [0.15, 0.2) is 5.78 Å². The summed E-state index contributed by atoms with van der Waals surface area (Å²) >= 11 is 1.87. The van der Waals surface area contributed by atoms with Crippen molar-refractivity contribution in [1.82, 2.24) is 0 Å². The van der Waals surface area contributed by atoms with Crippen molar-refractivity contribution in [1.29, 1.82) is 0 Å². The number of hydrogen-bond donors (Lipinski definition) is 0. The quantitative estimate of drug-likeness (QED) is 0.772. The lowest BCUT2D eigenvalue weighted by Gasteiger charge is -2.20. The van der Waals surface area contributed by atoms with Crippen LogP contribution in [0, 0.1) is 24.5 Å². The molecule has 1 aliphatic heterocycles. The summed E-state index contributed by atoms with van der Waals surface area (Å²) in [5.41, 5.74) is -0.0350. The highest BCUT2D eigenvalue weighted by molar-refractivity contribution is 7.99. The molecule has 0 atom stereocenters. The Morgan fingerprint density at radius 2 is 2.00 bits per heavy atom. The van der Waals surface area contributed by atoms with Gasteiger partial charge in [0.25, 0.3) is 0 Å². The van der Waals surface area contributed by atoms with Crippen LogP contribution in [-0.2, 0) is 0 Å². The SMILES string of the molecule is Cc1ccc(F)c(C(=O)CC2CCSCC2)c1F. The third-order valence-corrected chi connectivity index (χ3v) is 4.43. The van der Waals surface area contributed by atoms with Gasteiger partial charge in [-0.25, -0.2) is 8.78 Å². The van der Waals surface area contributed by atoms with Crippen molar-refractivity contribution >= 4 is 17.5 Å². The van der Waals surface area contributed by atoms with Gasteiger partial charge in [-0.15, -0.1) is 0 Å². The van der Waals surface area contributed by atoms with Gasteiger partial charge in [0.1, 0.15) is 11.6 Å². The Kier molecular flexibility index (Phi) is 4.38. The molecule has 0 aliphatic carbocycles. The molecule has 98 valence electrons. The number of aryl methyl sites for hydroxylation is 1. The van der Waals surface area contributed by atoms with Gasteiger partial charge in [-0.2, -0.15) is 11.8 Å². The molecular weight excluding hydrogens is 254 g/mol. The number of halogens is 2. The summed E-state index contributed by atoms with van der Waals surface area (Å²) in [5.74, 6) is 0.509. The minimum atomic E-state index is -0.742. The summed E-state index contributed by atoms with van der Waals surface area (Å²) in [5, 5.41) is 0. The zero-order valence-corrected chi connectivity index (χ0v) is 11.2. The van der Waals surface area contributed by atoms with Crippen molar-refractivity contribution in [3.8, 4) is 0 Å². The highest BCUT2D eigenvalue weighted by Crippen LogP contribution is 2.28. The molecule has 0 saturated carbocycles. The van der Waals surface area contributed by atoms with Crippen LogP contribution in [0.15, 0.2) is 12.1 Å². The second kappa shape index (κ2) is 5.83. The van der Waals surface area contributed by atoms with Crippen LogP contribution >= 0.6 is 11.8 Å². The van der Waals surface area contributed by atoms with Gasteiger partial charge >= 0.3 is 0 Å². The average Bonchev–Trinajstić information content (AvgIpc) is 2.36. The smallest absolute Gasteiger partial charge is 0.169 e. The normalized spacial score (nSPS) is 16.8. The van der Waals surface area contributed by atoms with E-state index in [9.17, 15) is 13.6 Å². The molecule has 0 aromatic heterocycles. The summed E-state index contributed by atoms with van der Waals surface area (Å²) in [7, 11) is 0. The van der Waals surface area contributed by atoms with Gasteiger partial charge in [0, 0.05) is 6.42 Å². The number of ketones is 1. The van der Waals surface area contributed by atoms with Crippen LogP contribution in [0.2, 0.25) is 0 Å². The molecule has 0 unspecified atom stereocenters. The molecule has 0 spiro atoms. The van der Waals surface area contributed by atoms with Gasteiger partial charge in [-0.1, -0.05) is 6.07 Å². The fourth-order valence-corrected chi connectivity index (χ4v) is 3.43. The van der Waals surface area contributed by atoms with E-state index in [2.05, 4.69) is 0 Å². The predicted octanol–water partition coefficient (Wildman–Crippen LogP) is 3.99. The first-order chi connectivity index (χ1) is 8.59. The van der Waals surface area contributed by atoms with Gasteiger partial charge < -0.3 is 0 Å². The first-order valence-corrected chi connectivity index (χ1v) is 7.30. The molecule has 1 aromatic rings. The van der Waals surface area contributed by atoms with E-state index < -0.39 is 17.4 Å². The number of thioether (sulfide) groups is 1. The van der Waals surface area contributed by atoms with Crippen molar-refractivity contribution in [3.63, 3.8) is 0 Å². The summed E-state index contributed by atoms with van der Waals surface area (Å²) in [6, 6.07) is 2.53. The lowest BCUT2D eigenvalue weighted by Crippen LogP contribution is -2.16. The van der Waals surface area contributed by atoms with E-state index in [0.29, 0.717) is 5.56 Å². The molecule has 4 heteroatoms. The number of carbonyl (C=O) groups excluding carboxylic acids is 1. The first kappa shape index (κ1) is 13.5. The molecule has 1 nitrogen and oxygen atoms in total. The Balaban J connectivity index is 2.15. The topological polar surface area (TPSA) is 17.1 Å². The van der Waals surface area contributed by atoms with Crippen LogP contribution in [0.4, 0.5) is 8.78 Å². The standard InChI is InChI=1S/C14H16F2OS/c1-9-2-3-11(15)13(14(9)16)12(17)8-10-4-6-18-7-5-10/h2-3,10H,4-8H2,1H3. The van der Waals surface area contributed by atoms with Crippen LogP contribution in [0.25, 0.3) is 0 Å². The molecule has 0 N–H and O–H groups in total. The third-order valence-electron chi connectivity index (χ3n) is 3.38. The van der Waals surface area contributed by atoms with Crippen molar-refractivity contribution in [3.05, 3.63) is 34.9 Å². The highest BCUT2D eigenvalue weighted by atomic mass is 32.2. The number of rotatable bonds is 3. The summed E-state index contributed by atoms with van der Waals surface area (Å²) < 4.78 is 27.4. The number of benzene rings is 1. The predicted molar refractivity (Wildman–Crippen MR) is 70.1 cm³/mol. The lowest BCUT2D eigenvalue weighted by molar-refractivity contribution is 0.0950. The van der Waals surface area contributed by atoms with Crippen LogP contribution in [0.5, 0.6) is 0 Å². The largest absolute Gasteiger partial charge is 0.294 e. The fourth-order valence-electron chi connectivity index (χ4n) is 2.23. The van der Waals surface area contributed by atoms with Gasteiger partial charge in [-0.3, -0.25) is 4.79 Å². The molecule has 1 aliphatic rings. The lowest BCUT2D eigenvalue weighted by atomic mass is 9.92. The van der Waals surface area contributed by atoms with Crippen molar-refractivity contribution in [2.45, 2.75) is 26.2 Å². The third kappa shape index (κ3) is 2.91. The van der Waals surface area contributed by atoms with E-state index in [0.717, 1.165) is 24.3 Å². The Labute approximate surface area is 110 Å². The Bertz CT molecular complexity index is 453. The second-order valence-corrected chi connectivity index (χ2v) is 5.96. The summed E-state index contributed by atoms with van der Waals surface area (Å²) in [6.45, 7) is 1.54. The maximum absolute atomic E-state index is 13.8. The van der Waals surface area contributed by atoms with E-state index in [-0.39, 0.29) is 17.9 Å². The van der Waals surface area contributed by atoms with Crippen molar-refractivity contribution in [2.24, 2.45) is 5.92 Å². The van der Waals surface area contributed by atoms with Crippen LogP contribution in [0.3, 0.4) is 0 Å². The maximum atomic E-state index is 13.8. The average molecular weight is 270 g/mol. The summed E-state index contributed by atoms with van der Waals surface area (Å²) in [4.78, 5) is 12.0. The summed E-state index contributed by atoms with van der Waals surface area (Å²) in [6.07, 6.45) is 2.19. The second-order valence-electron chi connectivity index (χ2n) is 4.74. The molecular formula is C14H16F2OS. The number of carbonyl (C=O) groups is 1. The minimum absolute atomic E-state index is 0.262. The van der Waals surface area contributed by atoms with E-state index >= 15 is 0 Å². The maximum Gasteiger partial charge on any atom is 0.169 e. The molecule has 18 heavy (non-hydrogen) atoms. The van der Waals surface area contributed by atoms with E-state index in [1.165, 1.54) is 12.1 Å². The molecule has 0 bridgehead atoms. The Morgan fingerprint density at radius 1 is 1.33 bits per heavy atom. The van der Waals surface area contributed by atoms with Crippen LogP contribution in [-0.4, -0.2) is 17.3 Å². The van der Waals surface area contributed by atoms with E-state index in [1.54, 1.807) is 6.92 Å². The molecule has 1 saturated heterocycles. The molecule has 1 aromatic carbocycles. The fraction of sp³-hybridized carbons (Fsp3) is 0.500. The Hall–Kier alpha value is -0.900. The molecule has 0 radical (unpaired) electrons. The molecule has 2 rings (SSSR count). The minimum Gasteiger partial charge on any atom is -0.294 e. The van der Waals surface area contributed by atoms with Gasteiger partial charge in [-0.05, 0) is 48.8 Å². The highest BCUT2D eigenvalue weighted by Gasteiger charge is 2.23. The van der Waals surface area contributed by atoms with Crippen LogP contribution in [0.1, 0.15) is 35.2 Å². The first-order valence-electron chi connectivity index (χ1n) is 6.15. The zero-order valence-electron chi connectivity index (χ0n) is 10.3. The van der Waals surface area contributed by atoms with E-state index in [1.807, 2.05) is 11.8 Å². The number of hydrogen-bond acceptors (Lipinski definition) is 2. The van der Waals surface area contributed by atoms with Gasteiger partial charge in [0.2, 0.25) is 0 Å².